The molecule has 0 N–H and O–H groups in total. The van der Waals surface area contributed by atoms with Crippen molar-refractivity contribution in [3.63, 3.8) is 0 Å². The molecule has 4 atom stereocenters. The first-order valence-electron chi connectivity index (χ1n) is 9.30. The fraction of sp³-hybridized carbons (Fsp3) is 0.650. The fourth-order valence-corrected chi connectivity index (χ4v) is 4.95. The van der Waals surface area contributed by atoms with Crippen LogP contribution in [0.5, 0.6) is 0 Å². The normalized spacial score (nSPS) is 33.7. The Labute approximate surface area is 144 Å². The van der Waals surface area contributed by atoms with Crippen LogP contribution in [-0.2, 0) is 9.53 Å². The monoisotopic (exact) mass is 328 g/mol. The summed E-state index contributed by atoms with van der Waals surface area (Å²) in [6, 6.07) is 9.88. The summed E-state index contributed by atoms with van der Waals surface area (Å²) in [7, 11) is 2.22. The number of piperidine rings is 1. The van der Waals surface area contributed by atoms with Gasteiger partial charge in [0, 0.05) is 25.2 Å². The van der Waals surface area contributed by atoms with E-state index in [4.69, 9.17) is 4.74 Å². The van der Waals surface area contributed by atoms with Crippen molar-refractivity contribution >= 4 is 5.91 Å². The lowest BCUT2D eigenvalue weighted by molar-refractivity contribution is -0.144. The maximum Gasteiger partial charge on any atom is 0.228 e. The van der Waals surface area contributed by atoms with Gasteiger partial charge in [-0.1, -0.05) is 29.8 Å². The van der Waals surface area contributed by atoms with E-state index in [-0.39, 0.29) is 5.92 Å². The Balaban J connectivity index is 1.65. The van der Waals surface area contributed by atoms with Crippen LogP contribution in [0.25, 0.3) is 0 Å². The second-order valence-corrected chi connectivity index (χ2v) is 7.68. The predicted octanol–water partition coefficient (Wildman–Crippen LogP) is 2.42. The van der Waals surface area contributed by atoms with Gasteiger partial charge in [-0.3, -0.25) is 9.69 Å². The molecule has 0 unspecified atom stereocenters. The number of nitrogens with zero attached hydrogens (tertiary/aromatic N) is 2. The van der Waals surface area contributed by atoms with Crippen molar-refractivity contribution in [1.82, 2.24) is 9.80 Å². The molecular formula is C20H28N2O2. The van der Waals surface area contributed by atoms with Crippen molar-refractivity contribution in [2.45, 2.75) is 44.2 Å². The molecule has 3 fully saturated rings. The topological polar surface area (TPSA) is 32.8 Å². The molecule has 1 amide bonds. The number of aryl methyl sites for hydroxylation is 1. The highest BCUT2D eigenvalue weighted by atomic mass is 16.5. The third-order valence-corrected chi connectivity index (χ3v) is 6.38. The van der Waals surface area contributed by atoms with Crippen LogP contribution in [0.2, 0.25) is 0 Å². The molecular weight excluding hydrogens is 300 g/mol. The van der Waals surface area contributed by atoms with Gasteiger partial charge in [-0.2, -0.15) is 0 Å². The van der Waals surface area contributed by atoms with Gasteiger partial charge in [0.05, 0.1) is 19.1 Å². The maximum atomic E-state index is 13.4. The Morgan fingerprint density at radius 2 is 1.83 bits per heavy atom. The van der Waals surface area contributed by atoms with Crippen LogP contribution in [0.15, 0.2) is 24.3 Å². The van der Waals surface area contributed by atoms with Crippen molar-refractivity contribution < 1.29 is 9.53 Å². The average Bonchev–Trinajstić information content (AvgIpc) is 2.85. The highest BCUT2D eigenvalue weighted by molar-refractivity contribution is 5.81. The third kappa shape index (κ3) is 2.76. The van der Waals surface area contributed by atoms with E-state index in [2.05, 4.69) is 43.1 Å². The second-order valence-electron chi connectivity index (χ2n) is 7.68. The van der Waals surface area contributed by atoms with E-state index in [0.29, 0.717) is 37.1 Å². The minimum atomic E-state index is 0.0922. The van der Waals surface area contributed by atoms with E-state index in [1.807, 2.05) is 4.90 Å². The van der Waals surface area contributed by atoms with Crippen molar-refractivity contribution in [1.29, 1.82) is 0 Å². The molecule has 130 valence electrons. The van der Waals surface area contributed by atoms with E-state index >= 15 is 0 Å². The molecule has 3 aliphatic heterocycles. The Bertz CT molecular complexity index is 594. The molecule has 1 aromatic carbocycles. The number of carbonyl (C=O) groups excluding carboxylic acids is 1. The maximum absolute atomic E-state index is 13.4. The summed E-state index contributed by atoms with van der Waals surface area (Å²) in [5, 5.41) is 0. The van der Waals surface area contributed by atoms with Gasteiger partial charge < -0.3 is 9.64 Å². The first-order valence-corrected chi connectivity index (χ1v) is 9.30. The van der Waals surface area contributed by atoms with Gasteiger partial charge in [0.1, 0.15) is 0 Å². The molecule has 2 bridgehead atoms. The molecule has 4 rings (SSSR count). The number of rotatable bonds is 2. The number of hydrogen-bond acceptors (Lipinski definition) is 3. The van der Waals surface area contributed by atoms with Crippen LogP contribution in [0.3, 0.4) is 0 Å². The van der Waals surface area contributed by atoms with Gasteiger partial charge in [0.25, 0.3) is 0 Å². The van der Waals surface area contributed by atoms with Gasteiger partial charge >= 0.3 is 0 Å². The summed E-state index contributed by atoms with van der Waals surface area (Å²) in [4.78, 5) is 17.9. The van der Waals surface area contributed by atoms with Crippen LogP contribution >= 0.6 is 0 Å². The summed E-state index contributed by atoms with van der Waals surface area (Å²) < 4.78 is 5.44. The van der Waals surface area contributed by atoms with Gasteiger partial charge in [0.2, 0.25) is 5.91 Å². The standard InChI is InChI=1S/C20H28N2O2/c1-14-3-5-15(6-4-14)17-13-16-7-8-18(21(16)2)19(17)20(23)22-9-11-24-12-10-22/h3-6,16-19H,7-13H2,1-2H3/t16-,17+,18+,19-/m0/s1. The first kappa shape index (κ1) is 16.1. The highest BCUT2D eigenvalue weighted by Crippen LogP contribution is 2.46. The molecule has 24 heavy (non-hydrogen) atoms. The van der Waals surface area contributed by atoms with E-state index in [1.165, 1.54) is 17.5 Å². The zero-order valence-corrected chi connectivity index (χ0v) is 14.8. The Morgan fingerprint density at radius 1 is 1.12 bits per heavy atom. The largest absolute Gasteiger partial charge is 0.378 e. The summed E-state index contributed by atoms with van der Waals surface area (Å²) >= 11 is 0. The molecule has 0 spiro atoms. The minimum absolute atomic E-state index is 0.0922. The van der Waals surface area contributed by atoms with Crippen LogP contribution in [0.1, 0.15) is 36.3 Å². The van der Waals surface area contributed by atoms with Crippen molar-refractivity contribution in [3.05, 3.63) is 35.4 Å². The summed E-state index contributed by atoms with van der Waals surface area (Å²) in [5.41, 5.74) is 2.63. The molecule has 3 aliphatic rings. The Morgan fingerprint density at radius 3 is 2.54 bits per heavy atom. The molecule has 4 nitrogen and oxygen atoms in total. The third-order valence-electron chi connectivity index (χ3n) is 6.38. The van der Waals surface area contributed by atoms with Gasteiger partial charge in [-0.25, -0.2) is 0 Å². The highest BCUT2D eigenvalue weighted by Gasteiger charge is 2.50. The number of ether oxygens (including phenoxy) is 1. The number of amides is 1. The average molecular weight is 328 g/mol. The van der Waals surface area contributed by atoms with E-state index in [9.17, 15) is 4.79 Å². The van der Waals surface area contributed by atoms with Crippen LogP contribution in [-0.4, -0.2) is 61.1 Å². The van der Waals surface area contributed by atoms with Crippen molar-refractivity contribution in [2.75, 3.05) is 33.4 Å². The van der Waals surface area contributed by atoms with Crippen LogP contribution < -0.4 is 0 Å². The molecule has 0 saturated carbocycles. The molecule has 0 aromatic heterocycles. The zero-order valence-electron chi connectivity index (χ0n) is 14.8. The van der Waals surface area contributed by atoms with E-state index in [0.717, 1.165) is 25.9 Å². The summed E-state index contributed by atoms with van der Waals surface area (Å²) in [5.74, 6) is 0.797. The number of morpholine rings is 1. The fourth-order valence-electron chi connectivity index (χ4n) is 4.95. The minimum Gasteiger partial charge on any atom is -0.378 e. The quantitative estimate of drug-likeness (QED) is 0.836. The number of benzene rings is 1. The molecule has 4 heteroatoms. The zero-order chi connectivity index (χ0) is 16.7. The second kappa shape index (κ2) is 6.49. The van der Waals surface area contributed by atoms with Gasteiger partial charge in [-0.15, -0.1) is 0 Å². The van der Waals surface area contributed by atoms with Gasteiger partial charge in [0.15, 0.2) is 0 Å². The number of fused-ring (bicyclic) bond motifs is 2. The summed E-state index contributed by atoms with van der Waals surface area (Å²) in [6.07, 6.45) is 3.50. The summed E-state index contributed by atoms with van der Waals surface area (Å²) in [6.45, 7) is 4.97. The smallest absolute Gasteiger partial charge is 0.228 e. The SMILES string of the molecule is Cc1ccc([C@H]2C[C@@H]3CC[C@H]([C@H]2C(=O)N2CCOCC2)N3C)cc1. The Hall–Kier alpha value is -1.39. The van der Waals surface area contributed by atoms with Gasteiger partial charge in [-0.05, 0) is 44.7 Å². The van der Waals surface area contributed by atoms with Crippen LogP contribution in [0.4, 0.5) is 0 Å². The first-order chi connectivity index (χ1) is 11.6. The number of hydrogen-bond donors (Lipinski definition) is 0. The van der Waals surface area contributed by atoms with Crippen molar-refractivity contribution in [2.24, 2.45) is 5.92 Å². The molecule has 3 heterocycles. The molecule has 1 aromatic rings. The van der Waals surface area contributed by atoms with E-state index < -0.39 is 0 Å². The van der Waals surface area contributed by atoms with E-state index in [1.54, 1.807) is 0 Å². The molecule has 0 aliphatic carbocycles. The lowest BCUT2D eigenvalue weighted by Gasteiger charge is -2.44. The van der Waals surface area contributed by atoms with Crippen molar-refractivity contribution in [3.8, 4) is 0 Å². The lowest BCUT2D eigenvalue weighted by Crippen LogP contribution is -2.54. The molecule has 0 radical (unpaired) electrons. The van der Waals surface area contributed by atoms with Crippen LogP contribution in [0, 0.1) is 12.8 Å². The lowest BCUT2D eigenvalue weighted by atomic mass is 9.75. The predicted molar refractivity (Wildman–Crippen MR) is 94.0 cm³/mol. The number of carbonyl (C=O) groups is 1. The molecule has 3 saturated heterocycles. The Kier molecular flexibility index (Phi) is 4.35.